The fourth-order valence-corrected chi connectivity index (χ4v) is 1.54. The van der Waals surface area contributed by atoms with E-state index in [0.717, 1.165) is 17.3 Å². The van der Waals surface area contributed by atoms with E-state index in [1.165, 1.54) is 7.05 Å². The summed E-state index contributed by atoms with van der Waals surface area (Å²) in [5.41, 5.74) is -0.392. The van der Waals surface area contributed by atoms with E-state index in [0.29, 0.717) is 13.0 Å². The maximum absolute atomic E-state index is 12.4. The van der Waals surface area contributed by atoms with E-state index in [4.69, 9.17) is 0 Å². The second kappa shape index (κ2) is 7.32. The van der Waals surface area contributed by atoms with Crippen LogP contribution >= 0.6 is 0 Å². The molecule has 1 rings (SSSR count). The van der Waals surface area contributed by atoms with Crippen molar-refractivity contribution in [1.29, 1.82) is 0 Å². The van der Waals surface area contributed by atoms with Crippen LogP contribution in [0.25, 0.3) is 0 Å². The van der Waals surface area contributed by atoms with Gasteiger partial charge in [0, 0.05) is 12.6 Å². The molecule has 0 spiro atoms. The first-order valence-corrected chi connectivity index (χ1v) is 5.87. The zero-order valence-corrected chi connectivity index (χ0v) is 10.8. The summed E-state index contributed by atoms with van der Waals surface area (Å²) in [5.74, 6) is 0.230. The summed E-state index contributed by atoms with van der Waals surface area (Å²) in [6.45, 7) is -0.406. The number of halogens is 5. The highest BCUT2D eigenvalue weighted by atomic mass is 19.4. The van der Waals surface area contributed by atoms with Gasteiger partial charge in [-0.2, -0.15) is 13.2 Å². The minimum absolute atomic E-state index is 0.230. The maximum Gasteiger partial charge on any atom is 0.401 e. The largest absolute Gasteiger partial charge is 0.401 e. The molecule has 0 aliphatic heterocycles. The van der Waals surface area contributed by atoms with Crippen LogP contribution < -0.4 is 5.32 Å². The molecule has 0 aromatic carbocycles. The van der Waals surface area contributed by atoms with Gasteiger partial charge < -0.3 is 5.32 Å². The van der Waals surface area contributed by atoms with Crippen molar-refractivity contribution in [3.05, 3.63) is 18.1 Å². The van der Waals surface area contributed by atoms with Crippen molar-refractivity contribution >= 4 is 5.82 Å². The van der Waals surface area contributed by atoms with Gasteiger partial charge in [-0.3, -0.25) is 4.90 Å². The Morgan fingerprint density at radius 2 is 2.00 bits per heavy atom. The lowest BCUT2D eigenvalue weighted by atomic mass is 10.3. The van der Waals surface area contributed by atoms with Gasteiger partial charge >= 0.3 is 6.18 Å². The Hall–Kier alpha value is -1.51. The molecule has 1 N–H and O–H groups in total. The van der Waals surface area contributed by atoms with E-state index in [1.54, 1.807) is 0 Å². The molecule has 1 aromatic heterocycles. The van der Waals surface area contributed by atoms with Crippen LogP contribution in [0.1, 0.15) is 18.5 Å². The molecule has 114 valence electrons. The summed E-state index contributed by atoms with van der Waals surface area (Å²) >= 11 is 0. The van der Waals surface area contributed by atoms with Crippen molar-refractivity contribution in [2.75, 3.05) is 32.0 Å². The molecule has 0 bridgehead atoms. The predicted molar refractivity (Wildman–Crippen MR) is 63.6 cm³/mol. The zero-order valence-electron chi connectivity index (χ0n) is 10.8. The summed E-state index contributed by atoms with van der Waals surface area (Å²) in [6, 6.07) is 1.12. The monoisotopic (exact) mass is 298 g/mol. The Labute approximate surface area is 113 Å². The van der Waals surface area contributed by atoms with Crippen molar-refractivity contribution in [1.82, 2.24) is 14.9 Å². The molecule has 4 nitrogen and oxygen atoms in total. The number of anilines is 1. The normalized spacial score (nSPS) is 12.2. The Kier molecular flexibility index (Phi) is 6.05. The summed E-state index contributed by atoms with van der Waals surface area (Å²) in [4.78, 5) is 8.30. The molecule has 20 heavy (non-hydrogen) atoms. The number of aromatic nitrogens is 2. The van der Waals surface area contributed by atoms with E-state index in [1.807, 2.05) is 0 Å². The molecule has 0 atom stereocenters. The summed E-state index contributed by atoms with van der Waals surface area (Å²) in [5, 5.41) is 2.77. The van der Waals surface area contributed by atoms with Gasteiger partial charge in [0.05, 0.1) is 6.54 Å². The van der Waals surface area contributed by atoms with Gasteiger partial charge in [0.2, 0.25) is 0 Å². The lowest BCUT2D eigenvalue weighted by Crippen LogP contribution is -2.32. The average Bonchev–Trinajstić information content (AvgIpc) is 2.33. The molecule has 0 aliphatic carbocycles. The van der Waals surface area contributed by atoms with Crippen molar-refractivity contribution in [2.24, 2.45) is 0 Å². The van der Waals surface area contributed by atoms with Crippen molar-refractivity contribution in [3.8, 4) is 0 Å². The maximum atomic E-state index is 12.4. The molecule has 1 aromatic rings. The Morgan fingerprint density at radius 1 is 1.30 bits per heavy atom. The summed E-state index contributed by atoms with van der Waals surface area (Å²) < 4.78 is 60.9. The number of rotatable bonds is 7. The third kappa shape index (κ3) is 6.60. The molecule has 0 saturated heterocycles. The quantitative estimate of drug-likeness (QED) is 0.621. The number of alkyl halides is 5. The highest BCUT2D eigenvalue weighted by molar-refractivity contribution is 5.34. The zero-order chi connectivity index (χ0) is 15.2. The molecule has 0 fully saturated rings. The lowest BCUT2D eigenvalue weighted by Gasteiger charge is -2.18. The molecular formula is C11H15F5N4. The summed E-state index contributed by atoms with van der Waals surface area (Å²) in [7, 11) is 1.37. The molecule has 9 heteroatoms. The van der Waals surface area contributed by atoms with Crippen molar-refractivity contribution < 1.29 is 22.0 Å². The standard InChI is InChI=1S/C11H15F5N4/c1-20(6-11(14,15)16)4-2-3-17-9-5-8(10(12)13)18-7-19-9/h5,7,10H,2-4,6H2,1H3,(H,17,18,19). The van der Waals surface area contributed by atoms with Gasteiger partial charge in [0.1, 0.15) is 17.8 Å². The van der Waals surface area contributed by atoms with Crippen LogP contribution in [-0.4, -0.2) is 47.7 Å². The van der Waals surface area contributed by atoms with Gasteiger partial charge in [-0.15, -0.1) is 0 Å². The Bertz CT molecular complexity index is 410. The number of nitrogens with zero attached hydrogens (tertiary/aromatic N) is 3. The molecule has 0 aliphatic rings. The Morgan fingerprint density at radius 3 is 2.60 bits per heavy atom. The average molecular weight is 298 g/mol. The number of hydrogen-bond donors (Lipinski definition) is 1. The molecular weight excluding hydrogens is 283 g/mol. The number of nitrogens with one attached hydrogen (secondary N) is 1. The fourth-order valence-electron chi connectivity index (χ4n) is 1.54. The van der Waals surface area contributed by atoms with Crippen LogP contribution in [0.2, 0.25) is 0 Å². The van der Waals surface area contributed by atoms with E-state index in [9.17, 15) is 22.0 Å². The van der Waals surface area contributed by atoms with Gasteiger partial charge in [0.15, 0.2) is 0 Å². The van der Waals surface area contributed by atoms with Crippen LogP contribution in [0.4, 0.5) is 27.8 Å². The minimum atomic E-state index is -4.22. The lowest BCUT2D eigenvalue weighted by molar-refractivity contribution is -0.142. The highest BCUT2D eigenvalue weighted by Crippen LogP contribution is 2.17. The van der Waals surface area contributed by atoms with E-state index >= 15 is 0 Å². The van der Waals surface area contributed by atoms with E-state index in [2.05, 4.69) is 15.3 Å². The molecule has 0 amide bonds. The van der Waals surface area contributed by atoms with Crippen LogP contribution in [0.15, 0.2) is 12.4 Å². The summed E-state index contributed by atoms with van der Waals surface area (Å²) in [6.07, 6.45) is -5.46. The molecule has 0 saturated carbocycles. The molecule has 1 heterocycles. The second-order valence-corrected chi connectivity index (χ2v) is 4.26. The van der Waals surface area contributed by atoms with Crippen molar-refractivity contribution in [2.45, 2.75) is 19.0 Å². The van der Waals surface area contributed by atoms with Gasteiger partial charge in [-0.05, 0) is 20.0 Å². The third-order valence-electron chi connectivity index (χ3n) is 2.38. The van der Waals surface area contributed by atoms with Crippen molar-refractivity contribution in [3.63, 3.8) is 0 Å². The van der Waals surface area contributed by atoms with Crippen LogP contribution in [0.5, 0.6) is 0 Å². The second-order valence-electron chi connectivity index (χ2n) is 4.26. The molecule has 0 radical (unpaired) electrons. The van der Waals surface area contributed by atoms with Crippen LogP contribution in [0, 0.1) is 0 Å². The Balaban J connectivity index is 2.29. The van der Waals surface area contributed by atoms with Gasteiger partial charge in [0.25, 0.3) is 6.43 Å². The predicted octanol–water partition coefficient (Wildman–Crippen LogP) is 2.71. The topological polar surface area (TPSA) is 41.0 Å². The smallest absolute Gasteiger partial charge is 0.370 e. The molecule has 0 unspecified atom stereocenters. The first kappa shape index (κ1) is 16.5. The fraction of sp³-hybridized carbons (Fsp3) is 0.636. The first-order valence-electron chi connectivity index (χ1n) is 5.87. The SMILES string of the molecule is CN(CCCNc1cc(C(F)F)ncn1)CC(F)(F)F. The van der Waals surface area contributed by atoms with Gasteiger partial charge in [-0.1, -0.05) is 0 Å². The first-order chi connectivity index (χ1) is 9.28. The van der Waals surface area contributed by atoms with E-state index in [-0.39, 0.29) is 12.4 Å². The highest BCUT2D eigenvalue weighted by Gasteiger charge is 2.28. The minimum Gasteiger partial charge on any atom is -0.370 e. The van der Waals surface area contributed by atoms with Crippen LogP contribution in [-0.2, 0) is 0 Å². The van der Waals surface area contributed by atoms with E-state index < -0.39 is 24.8 Å². The van der Waals surface area contributed by atoms with Crippen LogP contribution in [0.3, 0.4) is 0 Å². The van der Waals surface area contributed by atoms with Gasteiger partial charge in [-0.25, -0.2) is 18.7 Å². The number of hydrogen-bond acceptors (Lipinski definition) is 4. The third-order valence-corrected chi connectivity index (χ3v) is 2.38.